The first-order valence-electron chi connectivity index (χ1n) is 9.03. The lowest BCUT2D eigenvalue weighted by molar-refractivity contribution is 0.565. The van der Waals surface area contributed by atoms with Crippen molar-refractivity contribution in [3.8, 4) is 11.3 Å². The number of hydrogen-bond acceptors (Lipinski definition) is 8. The summed E-state index contributed by atoms with van der Waals surface area (Å²) in [7, 11) is -3.79. The lowest BCUT2D eigenvalue weighted by atomic mass is 10.1. The van der Waals surface area contributed by atoms with Crippen LogP contribution in [0.5, 0.6) is 0 Å². The van der Waals surface area contributed by atoms with Crippen LogP contribution in [-0.4, -0.2) is 39.2 Å². The van der Waals surface area contributed by atoms with Gasteiger partial charge in [-0.25, -0.2) is 36.7 Å². The van der Waals surface area contributed by atoms with Crippen LogP contribution in [0.3, 0.4) is 0 Å². The average Bonchev–Trinajstić information content (AvgIpc) is 3.02. The van der Waals surface area contributed by atoms with Gasteiger partial charge in [-0.3, -0.25) is 0 Å². The van der Waals surface area contributed by atoms with Gasteiger partial charge in [-0.15, -0.1) is 5.10 Å². The monoisotopic (exact) mass is 445 g/mol. The number of nitrogen functional groups attached to an aromatic ring is 1. The van der Waals surface area contributed by atoms with Crippen LogP contribution in [0.2, 0.25) is 0 Å². The van der Waals surface area contributed by atoms with E-state index in [2.05, 4.69) is 25.4 Å². The molecular formula is C19H17F2N7O2S. The molecule has 3 heterocycles. The highest BCUT2D eigenvalue weighted by Crippen LogP contribution is 2.31. The van der Waals surface area contributed by atoms with Crippen molar-refractivity contribution in [3.63, 3.8) is 0 Å². The van der Waals surface area contributed by atoms with E-state index < -0.39 is 32.7 Å². The zero-order valence-corrected chi connectivity index (χ0v) is 17.2. The van der Waals surface area contributed by atoms with E-state index in [1.54, 1.807) is 19.2 Å². The zero-order chi connectivity index (χ0) is 22.3. The summed E-state index contributed by atoms with van der Waals surface area (Å²) in [5, 5.41) is 6.64. The van der Waals surface area contributed by atoms with Crippen LogP contribution >= 0.6 is 0 Å². The Morgan fingerprint density at radius 3 is 2.68 bits per heavy atom. The van der Waals surface area contributed by atoms with Crippen LogP contribution in [0.15, 0.2) is 47.9 Å². The Bertz CT molecular complexity index is 1410. The van der Waals surface area contributed by atoms with Gasteiger partial charge < -0.3 is 11.1 Å². The molecule has 12 heteroatoms. The molecule has 0 radical (unpaired) electrons. The summed E-state index contributed by atoms with van der Waals surface area (Å²) in [5.41, 5.74) is 7.10. The number of halogens is 2. The summed E-state index contributed by atoms with van der Waals surface area (Å²) in [5.74, 6) is -1.24. The van der Waals surface area contributed by atoms with Crippen molar-refractivity contribution in [2.24, 2.45) is 0 Å². The van der Waals surface area contributed by atoms with Crippen LogP contribution in [0.4, 0.5) is 20.4 Å². The topological polar surface area (TPSA) is 128 Å². The maximum absolute atomic E-state index is 14.2. The van der Waals surface area contributed by atoms with E-state index in [-0.39, 0.29) is 22.9 Å². The largest absolute Gasteiger partial charge is 0.382 e. The van der Waals surface area contributed by atoms with Gasteiger partial charge in [-0.1, -0.05) is 6.07 Å². The number of nitrogens with zero attached hydrogens (tertiary/aromatic N) is 5. The summed E-state index contributed by atoms with van der Waals surface area (Å²) in [6, 6.07) is 5.68. The van der Waals surface area contributed by atoms with Crippen molar-refractivity contribution in [1.29, 1.82) is 0 Å². The van der Waals surface area contributed by atoms with Crippen molar-refractivity contribution in [2.45, 2.75) is 18.1 Å². The van der Waals surface area contributed by atoms with Gasteiger partial charge in [0.25, 0.3) is 0 Å². The Morgan fingerprint density at radius 1 is 1.19 bits per heavy atom. The molecule has 0 saturated carbocycles. The number of nitrogens with one attached hydrogen (secondary N) is 1. The molecule has 0 bridgehead atoms. The van der Waals surface area contributed by atoms with E-state index >= 15 is 0 Å². The number of sulfone groups is 1. The van der Waals surface area contributed by atoms with Crippen LogP contribution < -0.4 is 11.1 Å². The molecule has 4 aromatic rings. The van der Waals surface area contributed by atoms with Gasteiger partial charge in [0.15, 0.2) is 11.5 Å². The molecule has 0 fully saturated rings. The Labute approximate surface area is 175 Å². The third kappa shape index (κ3) is 4.01. The molecule has 0 unspecified atom stereocenters. The molecular weight excluding hydrogens is 428 g/mol. The first-order valence-corrected chi connectivity index (χ1v) is 10.9. The fraction of sp³-hybridized carbons (Fsp3) is 0.158. The molecule has 0 spiro atoms. The summed E-state index contributed by atoms with van der Waals surface area (Å²) >= 11 is 0. The van der Waals surface area contributed by atoms with Gasteiger partial charge in [-0.05, 0) is 19.1 Å². The van der Waals surface area contributed by atoms with E-state index in [1.807, 2.05) is 0 Å². The molecule has 0 saturated heterocycles. The highest BCUT2D eigenvalue weighted by atomic mass is 32.2. The summed E-state index contributed by atoms with van der Waals surface area (Å²) in [6.07, 6.45) is 4.15. The standard InChI is InChI=1S/C19H17F2N7O2S/c1-10(12-5-4-11(20)8-13(12)21)24-15-9-14(25-19(26-15)31(2,29)30)16-17(22)27-28-7-3-6-23-18(16)28/h3-10H,1-2H3,(H2,22,27)(H,24,25,26)/t10-/m0/s1. The first-order chi connectivity index (χ1) is 14.6. The third-order valence-electron chi connectivity index (χ3n) is 4.51. The highest BCUT2D eigenvalue weighted by Gasteiger charge is 2.21. The van der Waals surface area contributed by atoms with Crippen molar-refractivity contribution < 1.29 is 17.2 Å². The highest BCUT2D eigenvalue weighted by molar-refractivity contribution is 7.90. The number of fused-ring (bicyclic) bond motifs is 1. The third-order valence-corrected chi connectivity index (χ3v) is 5.36. The molecule has 4 rings (SSSR count). The van der Waals surface area contributed by atoms with Gasteiger partial charge in [-0.2, -0.15) is 0 Å². The molecule has 160 valence electrons. The fourth-order valence-corrected chi connectivity index (χ4v) is 3.62. The maximum Gasteiger partial charge on any atom is 0.249 e. The quantitative estimate of drug-likeness (QED) is 0.449. The van der Waals surface area contributed by atoms with Crippen molar-refractivity contribution in [3.05, 3.63) is 59.9 Å². The summed E-state index contributed by atoms with van der Waals surface area (Å²) < 4.78 is 53.2. The van der Waals surface area contributed by atoms with E-state index in [0.29, 0.717) is 11.2 Å². The molecule has 3 N–H and O–H groups in total. The van der Waals surface area contributed by atoms with Crippen LogP contribution in [-0.2, 0) is 9.84 Å². The van der Waals surface area contributed by atoms with Crippen LogP contribution in [0.1, 0.15) is 18.5 Å². The number of benzene rings is 1. The van der Waals surface area contributed by atoms with E-state index in [9.17, 15) is 17.2 Å². The number of rotatable bonds is 5. The van der Waals surface area contributed by atoms with Gasteiger partial charge in [0, 0.05) is 36.3 Å². The Kier molecular flexibility index (Phi) is 5.01. The van der Waals surface area contributed by atoms with Gasteiger partial charge in [0.1, 0.15) is 17.5 Å². The number of aromatic nitrogens is 5. The Balaban J connectivity index is 1.83. The predicted octanol–water partition coefficient (Wildman–Crippen LogP) is 2.62. The lowest BCUT2D eigenvalue weighted by Gasteiger charge is -2.17. The predicted molar refractivity (Wildman–Crippen MR) is 110 cm³/mol. The summed E-state index contributed by atoms with van der Waals surface area (Å²) in [6.45, 7) is 1.63. The zero-order valence-electron chi connectivity index (χ0n) is 16.4. The van der Waals surface area contributed by atoms with Crippen molar-refractivity contribution in [2.75, 3.05) is 17.3 Å². The van der Waals surface area contributed by atoms with E-state index in [0.717, 1.165) is 18.4 Å². The second kappa shape index (κ2) is 7.54. The van der Waals surface area contributed by atoms with Crippen LogP contribution in [0.25, 0.3) is 16.9 Å². The van der Waals surface area contributed by atoms with E-state index in [4.69, 9.17) is 5.73 Å². The molecule has 0 aliphatic carbocycles. The lowest BCUT2D eigenvalue weighted by Crippen LogP contribution is -2.13. The second-order valence-electron chi connectivity index (χ2n) is 6.87. The maximum atomic E-state index is 14.2. The van der Waals surface area contributed by atoms with Gasteiger partial charge in [0.05, 0.1) is 17.3 Å². The smallest absolute Gasteiger partial charge is 0.249 e. The minimum Gasteiger partial charge on any atom is -0.382 e. The van der Waals surface area contributed by atoms with Gasteiger partial charge in [0.2, 0.25) is 15.0 Å². The normalized spacial score (nSPS) is 12.8. The minimum absolute atomic E-state index is 0.0976. The Morgan fingerprint density at radius 2 is 1.97 bits per heavy atom. The van der Waals surface area contributed by atoms with Crippen molar-refractivity contribution in [1.82, 2.24) is 24.6 Å². The summed E-state index contributed by atoms with van der Waals surface area (Å²) in [4.78, 5) is 12.4. The second-order valence-corrected chi connectivity index (χ2v) is 8.78. The number of hydrogen-bond donors (Lipinski definition) is 2. The van der Waals surface area contributed by atoms with Crippen molar-refractivity contribution >= 4 is 27.1 Å². The molecule has 1 atom stereocenters. The molecule has 3 aromatic heterocycles. The molecule has 0 aliphatic heterocycles. The first kappa shape index (κ1) is 20.6. The minimum atomic E-state index is -3.79. The molecule has 0 aliphatic rings. The molecule has 9 nitrogen and oxygen atoms in total. The fourth-order valence-electron chi connectivity index (χ4n) is 3.09. The molecule has 0 amide bonds. The van der Waals surface area contributed by atoms with E-state index in [1.165, 1.54) is 22.8 Å². The average molecular weight is 445 g/mol. The number of anilines is 2. The SMILES string of the molecule is C[C@H](Nc1cc(-c2c(N)nn3cccnc23)nc(S(C)(=O)=O)n1)c1ccc(F)cc1F. The van der Waals surface area contributed by atoms with Gasteiger partial charge >= 0.3 is 0 Å². The molecule has 31 heavy (non-hydrogen) atoms. The number of nitrogens with two attached hydrogens (primary N) is 1. The Hall–Kier alpha value is -3.67. The van der Waals surface area contributed by atoms with Crippen LogP contribution in [0, 0.1) is 11.6 Å². The molecule has 1 aromatic carbocycles.